The zero-order valence-corrected chi connectivity index (χ0v) is 18.6. The third-order valence-corrected chi connectivity index (χ3v) is 5.08. The number of nitrogens with one attached hydrogen (secondary N) is 1. The van der Waals surface area contributed by atoms with E-state index in [9.17, 15) is 4.79 Å². The summed E-state index contributed by atoms with van der Waals surface area (Å²) in [5.74, 6) is 1.38. The number of aryl methyl sites for hydroxylation is 1. The summed E-state index contributed by atoms with van der Waals surface area (Å²) >= 11 is 0. The summed E-state index contributed by atoms with van der Waals surface area (Å²) in [5.41, 5.74) is 3.76. The zero-order valence-electron chi connectivity index (χ0n) is 18.6. The first-order valence-corrected chi connectivity index (χ1v) is 10.4. The number of carbonyl (C=O) groups is 1. The number of benzene rings is 3. The molecular weight excluding hydrogens is 388 g/mol. The molecule has 1 unspecified atom stereocenters. The quantitative estimate of drug-likeness (QED) is 0.518. The summed E-state index contributed by atoms with van der Waals surface area (Å²) in [5, 5.41) is 3.07. The maximum absolute atomic E-state index is 13.4. The van der Waals surface area contributed by atoms with E-state index in [-0.39, 0.29) is 5.91 Å². The highest BCUT2D eigenvalue weighted by Crippen LogP contribution is 2.29. The van der Waals surface area contributed by atoms with Gasteiger partial charge in [0, 0.05) is 6.54 Å². The number of methoxy groups -OCH3 is 1. The lowest BCUT2D eigenvalue weighted by molar-refractivity contribution is -0.121. The van der Waals surface area contributed by atoms with Crippen molar-refractivity contribution in [3.8, 4) is 11.5 Å². The van der Waals surface area contributed by atoms with Crippen molar-refractivity contribution < 1.29 is 14.3 Å². The van der Waals surface area contributed by atoms with Crippen molar-refractivity contribution in [2.24, 2.45) is 0 Å². The fourth-order valence-electron chi connectivity index (χ4n) is 3.60. The molecule has 5 nitrogen and oxygen atoms in total. The largest absolute Gasteiger partial charge is 0.495 e. The van der Waals surface area contributed by atoms with Gasteiger partial charge in [0.05, 0.1) is 19.4 Å². The van der Waals surface area contributed by atoms with Crippen LogP contribution in [0.4, 0.5) is 5.69 Å². The van der Waals surface area contributed by atoms with E-state index in [1.54, 1.807) is 7.11 Å². The second kappa shape index (κ2) is 10.6. The highest BCUT2D eigenvalue weighted by Gasteiger charge is 2.26. The van der Waals surface area contributed by atoms with Gasteiger partial charge in [-0.05, 0) is 61.9 Å². The van der Waals surface area contributed by atoms with Gasteiger partial charge in [0.25, 0.3) is 0 Å². The minimum Gasteiger partial charge on any atom is -0.495 e. The van der Waals surface area contributed by atoms with Gasteiger partial charge >= 0.3 is 0 Å². The van der Waals surface area contributed by atoms with Gasteiger partial charge in [-0.2, -0.15) is 0 Å². The number of amides is 1. The first-order chi connectivity index (χ1) is 15.0. The monoisotopic (exact) mass is 418 g/mol. The van der Waals surface area contributed by atoms with Crippen LogP contribution in [0.15, 0.2) is 72.8 Å². The van der Waals surface area contributed by atoms with Crippen molar-refractivity contribution in [2.45, 2.75) is 26.4 Å². The Morgan fingerprint density at radius 1 is 1.03 bits per heavy atom. The lowest BCUT2D eigenvalue weighted by atomic mass is 10.0. The van der Waals surface area contributed by atoms with E-state index in [4.69, 9.17) is 9.47 Å². The van der Waals surface area contributed by atoms with Crippen molar-refractivity contribution in [2.75, 3.05) is 26.1 Å². The van der Waals surface area contributed by atoms with Crippen molar-refractivity contribution in [1.29, 1.82) is 0 Å². The molecule has 0 saturated carbocycles. The normalized spacial score (nSPS) is 11.8. The maximum atomic E-state index is 13.4. The molecule has 0 aromatic heterocycles. The number of likely N-dealkylation sites (N-methyl/N-ethyl adjacent to an activating group) is 1. The molecule has 0 bridgehead atoms. The molecule has 3 rings (SSSR count). The summed E-state index contributed by atoms with van der Waals surface area (Å²) in [6.07, 6.45) is 0. The molecule has 1 atom stereocenters. The van der Waals surface area contributed by atoms with Gasteiger partial charge in [0.15, 0.2) is 0 Å². The van der Waals surface area contributed by atoms with Crippen LogP contribution in [-0.4, -0.2) is 31.6 Å². The van der Waals surface area contributed by atoms with Gasteiger partial charge in [-0.1, -0.05) is 48.5 Å². The Hall–Kier alpha value is -3.31. The number of hydrogen-bond acceptors (Lipinski definition) is 4. The summed E-state index contributed by atoms with van der Waals surface area (Å²) in [6.45, 7) is 5.21. The second-order valence-corrected chi connectivity index (χ2v) is 7.50. The first-order valence-electron chi connectivity index (χ1n) is 10.4. The predicted octanol–water partition coefficient (Wildman–Crippen LogP) is 5.21. The molecule has 0 spiro atoms. The van der Waals surface area contributed by atoms with Gasteiger partial charge in [0.2, 0.25) is 5.91 Å². The minimum atomic E-state index is -0.460. The maximum Gasteiger partial charge on any atom is 0.246 e. The van der Waals surface area contributed by atoms with Gasteiger partial charge in [0.1, 0.15) is 17.5 Å². The van der Waals surface area contributed by atoms with Gasteiger partial charge in [-0.15, -0.1) is 0 Å². The molecule has 0 aliphatic heterocycles. The predicted molar refractivity (Wildman–Crippen MR) is 125 cm³/mol. The Kier molecular flexibility index (Phi) is 7.68. The summed E-state index contributed by atoms with van der Waals surface area (Å²) in [6, 6.07) is 23.1. The smallest absolute Gasteiger partial charge is 0.246 e. The molecule has 3 aromatic rings. The Morgan fingerprint density at radius 3 is 2.39 bits per heavy atom. The topological polar surface area (TPSA) is 50.8 Å². The molecular formula is C26H30N2O3. The van der Waals surface area contributed by atoms with Crippen LogP contribution in [0.3, 0.4) is 0 Å². The van der Waals surface area contributed by atoms with Crippen molar-refractivity contribution >= 4 is 11.6 Å². The Balaban J connectivity index is 1.84. The third kappa shape index (κ3) is 5.86. The van der Waals surface area contributed by atoms with E-state index < -0.39 is 6.04 Å². The number of ether oxygens (including phenoxy) is 2. The average molecular weight is 419 g/mol. The molecule has 0 saturated heterocycles. The lowest BCUT2D eigenvalue weighted by Crippen LogP contribution is -2.34. The van der Waals surface area contributed by atoms with Crippen LogP contribution in [0.2, 0.25) is 0 Å². The van der Waals surface area contributed by atoms with Crippen LogP contribution < -0.4 is 14.8 Å². The van der Waals surface area contributed by atoms with E-state index in [1.807, 2.05) is 98.6 Å². The van der Waals surface area contributed by atoms with E-state index in [2.05, 4.69) is 5.32 Å². The fourth-order valence-corrected chi connectivity index (χ4v) is 3.60. The van der Waals surface area contributed by atoms with Crippen LogP contribution in [0.25, 0.3) is 0 Å². The molecule has 0 aliphatic carbocycles. The molecule has 1 N–H and O–H groups in total. The number of nitrogens with zero attached hydrogens (tertiary/aromatic N) is 1. The molecule has 0 aliphatic rings. The van der Waals surface area contributed by atoms with Gasteiger partial charge < -0.3 is 14.8 Å². The van der Waals surface area contributed by atoms with Crippen LogP contribution in [0.5, 0.6) is 11.5 Å². The standard InChI is InChI=1S/C26H30N2O3/c1-5-31-22-14-12-20(13-15-22)18-28(3)25(21-9-7-6-8-10-21)26(29)27-23-17-19(2)11-16-24(23)30-4/h6-17,25H,5,18H2,1-4H3,(H,27,29). The highest BCUT2D eigenvalue weighted by molar-refractivity contribution is 5.96. The van der Waals surface area contributed by atoms with E-state index in [0.717, 1.165) is 22.4 Å². The third-order valence-electron chi connectivity index (χ3n) is 5.08. The molecule has 162 valence electrons. The van der Waals surface area contributed by atoms with Crippen LogP contribution >= 0.6 is 0 Å². The van der Waals surface area contributed by atoms with Gasteiger partial charge in [-0.3, -0.25) is 9.69 Å². The highest BCUT2D eigenvalue weighted by atomic mass is 16.5. The summed E-state index contributed by atoms with van der Waals surface area (Å²) in [7, 11) is 3.56. The summed E-state index contributed by atoms with van der Waals surface area (Å²) < 4.78 is 11.0. The fraction of sp³-hybridized carbons (Fsp3) is 0.269. The molecule has 3 aromatic carbocycles. The minimum absolute atomic E-state index is 0.108. The SMILES string of the molecule is CCOc1ccc(CN(C)C(C(=O)Nc2cc(C)ccc2OC)c2ccccc2)cc1. The first kappa shape index (κ1) is 22.4. The van der Waals surface area contributed by atoms with E-state index in [0.29, 0.717) is 24.6 Å². The second-order valence-electron chi connectivity index (χ2n) is 7.50. The number of hydrogen-bond donors (Lipinski definition) is 1. The Morgan fingerprint density at radius 2 is 1.74 bits per heavy atom. The summed E-state index contributed by atoms with van der Waals surface area (Å²) in [4.78, 5) is 15.5. The molecule has 1 amide bonds. The zero-order chi connectivity index (χ0) is 22.2. The number of anilines is 1. The van der Waals surface area contributed by atoms with Crippen LogP contribution in [-0.2, 0) is 11.3 Å². The Bertz CT molecular complexity index is 987. The molecule has 0 radical (unpaired) electrons. The Labute approximate surface area is 184 Å². The molecule has 31 heavy (non-hydrogen) atoms. The number of carbonyl (C=O) groups excluding carboxylic acids is 1. The molecule has 0 heterocycles. The van der Waals surface area contributed by atoms with E-state index >= 15 is 0 Å². The van der Waals surface area contributed by atoms with Crippen LogP contribution in [0, 0.1) is 6.92 Å². The number of rotatable bonds is 9. The van der Waals surface area contributed by atoms with E-state index in [1.165, 1.54) is 0 Å². The van der Waals surface area contributed by atoms with Crippen LogP contribution in [0.1, 0.15) is 29.7 Å². The van der Waals surface area contributed by atoms with Crippen molar-refractivity contribution in [3.63, 3.8) is 0 Å². The average Bonchev–Trinajstić information content (AvgIpc) is 2.76. The lowest BCUT2D eigenvalue weighted by Gasteiger charge is -2.28. The molecule has 0 fully saturated rings. The van der Waals surface area contributed by atoms with Crippen molar-refractivity contribution in [1.82, 2.24) is 4.90 Å². The van der Waals surface area contributed by atoms with Crippen molar-refractivity contribution in [3.05, 3.63) is 89.5 Å². The molecule has 5 heteroatoms. The van der Waals surface area contributed by atoms with Gasteiger partial charge in [-0.25, -0.2) is 0 Å².